The largest absolute Gasteiger partial charge is 0.465 e. The molecule has 2 amide bonds. The van der Waals surface area contributed by atoms with Gasteiger partial charge in [0.2, 0.25) is 15.7 Å². The molecule has 10 nitrogen and oxygen atoms in total. The third kappa shape index (κ3) is 7.34. The van der Waals surface area contributed by atoms with E-state index in [2.05, 4.69) is 28.2 Å². The molecule has 13 heteroatoms. The van der Waals surface area contributed by atoms with Gasteiger partial charge in [0, 0.05) is 29.9 Å². The van der Waals surface area contributed by atoms with E-state index >= 15 is 4.39 Å². The normalized spacial score (nSPS) is 21.9. The fourth-order valence-corrected chi connectivity index (χ4v) is 9.65. The summed E-state index contributed by atoms with van der Waals surface area (Å²) in [7, 11) is -3.87. The molecule has 51 heavy (non-hydrogen) atoms. The van der Waals surface area contributed by atoms with Gasteiger partial charge in [0.15, 0.2) is 5.67 Å². The van der Waals surface area contributed by atoms with Crippen molar-refractivity contribution in [3.05, 3.63) is 96.8 Å². The number of carbonyl (C=O) groups is 2. The maximum atomic E-state index is 16.0. The van der Waals surface area contributed by atoms with Crippen LogP contribution >= 0.6 is 0 Å². The molecule has 0 bridgehead atoms. The van der Waals surface area contributed by atoms with Crippen LogP contribution in [0.5, 0.6) is 0 Å². The first-order valence-corrected chi connectivity index (χ1v) is 18.6. The molecule has 0 radical (unpaired) electrons. The van der Waals surface area contributed by atoms with Crippen molar-refractivity contribution in [3.63, 3.8) is 0 Å². The van der Waals surface area contributed by atoms with E-state index in [-0.39, 0.29) is 41.3 Å². The van der Waals surface area contributed by atoms with Crippen LogP contribution in [0, 0.1) is 29.0 Å². The predicted octanol–water partition coefficient (Wildman–Crippen LogP) is 5.92. The first kappa shape index (κ1) is 36.0. The molecule has 1 unspecified atom stereocenters. The molecule has 0 spiro atoms. The second kappa shape index (κ2) is 14.4. The van der Waals surface area contributed by atoms with Crippen LogP contribution in [-0.2, 0) is 20.0 Å². The summed E-state index contributed by atoms with van der Waals surface area (Å²) in [6.07, 6.45) is 3.14. The fraction of sp³-hybridized carbons (Fsp3) is 0.395. The van der Waals surface area contributed by atoms with E-state index in [1.807, 2.05) is 4.90 Å². The number of amides is 2. The molecule has 3 N–H and O–H groups in total. The number of nitrogens with one attached hydrogen (secondary N) is 2. The molecular weight excluding hydrogens is 677 g/mol. The number of halogens is 2. The number of nitriles is 1. The zero-order valence-corrected chi connectivity index (χ0v) is 28.9. The molecule has 3 fully saturated rings. The van der Waals surface area contributed by atoms with Gasteiger partial charge < -0.3 is 20.6 Å². The van der Waals surface area contributed by atoms with Gasteiger partial charge in [-0.1, -0.05) is 31.2 Å². The zero-order chi connectivity index (χ0) is 36.4. The Morgan fingerprint density at radius 3 is 2.37 bits per heavy atom. The lowest BCUT2D eigenvalue weighted by Crippen LogP contribution is -2.64. The highest BCUT2D eigenvalue weighted by atomic mass is 32.2. The van der Waals surface area contributed by atoms with Crippen LogP contribution in [0.4, 0.5) is 25.0 Å². The van der Waals surface area contributed by atoms with Crippen LogP contribution in [0.15, 0.2) is 95.2 Å². The summed E-state index contributed by atoms with van der Waals surface area (Å²) in [6, 6.07) is 20.5. The van der Waals surface area contributed by atoms with Gasteiger partial charge in [0.05, 0.1) is 34.4 Å². The predicted molar refractivity (Wildman–Crippen MR) is 188 cm³/mol. The smallest absolute Gasteiger partial charge is 0.404 e. The number of rotatable bonds is 11. The van der Waals surface area contributed by atoms with Crippen LogP contribution in [0.2, 0.25) is 0 Å². The van der Waals surface area contributed by atoms with Crippen molar-refractivity contribution in [1.82, 2.24) is 10.2 Å². The second-order valence-corrected chi connectivity index (χ2v) is 15.8. The maximum absolute atomic E-state index is 16.0. The average Bonchev–Trinajstić information content (AvgIpc) is 3.56. The number of hydrogen-bond donors (Lipinski definition) is 3. The molecule has 6 rings (SSSR count). The molecule has 268 valence electrons. The van der Waals surface area contributed by atoms with E-state index in [4.69, 9.17) is 0 Å². The van der Waals surface area contributed by atoms with Gasteiger partial charge in [-0.2, -0.15) is 5.26 Å². The minimum Gasteiger partial charge on any atom is -0.465 e. The lowest BCUT2D eigenvalue weighted by molar-refractivity contribution is -0.111. The number of likely N-dealkylation sites (tertiary alicyclic amines) is 1. The molecule has 3 aliphatic rings. The highest BCUT2D eigenvalue weighted by Gasteiger charge is 2.53. The number of nitrogens with zero attached hydrogens (tertiary/aromatic N) is 3. The molecule has 3 atom stereocenters. The van der Waals surface area contributed by atoms with Crippen LogP contribution in [-0.4, -0.2) is 74.9 Å². The number of piperidine rings is 1. The fourth-order valence-electron chi connectivity index (χ4n) is 8.35. The van der Waals surface area contributed by atoms with Crippen molar-refractivity contribution < 1.29 is 31.9 Å². The quantitative estimate of drug-likeness (QED) is 0.208. The average molecular weight is 718 g/mol. The number of hydrogen-bond acceptors (Lipinski definition) is 7. The number of carboxylic acid groups (broad SMARTS) is 1. The molecule has 3 aromatic carbocycles. The number of benzene rings is 3. The van der Waals surface area contributed by atoms with Crippen molar-refractivity contribution in [1.29, 1.82) is 5.26 Å². The van der Waals surface area contributed by atoms with Crippen LogP contribution < -0.4 is 15.5 Å². The van der Waals surface area contributed by atoms with E-state index in [0.717, 1.165) is 12.5 Å². The summed E-state index contributed by atoms with van der Waals surface area (Å²) >= 11 is 0. The third-order valence-electron chi connectivity index (χ3n) is 10.7. The van der Waals surface area contributed by atoms with Crippen molar-refractivity contribution in [2.24, 2.45) is 11.8 Å². The van der Waals surface area contributed by atoms with E-state index in [1.165, 1.54) is 36.4 Å². The molecule has 2 saturated heterocycles. The first-order valence-electron chi connectivity index (χ1n) is 17.1. The summed E-state index contributed by atoms with van der Waals surface area (Å²) in [5.74, 6) is -1.39. The zero-order valence-electron chi connectivity index (χ0n) is 28.1. The van der Waals surface area contributed by atoms with Gasteiger partial charge in [0.25, 0.3) is 0 Å². The Hall–Kier alpha value is -4.80. The summed E-state index contributed by atoms with van der Waals surface area (Å²) in [5, 5.41) is 25.5. The third-order valence-corrected chi connectivity index (χ3v) is 12.5. The number of sulfone groups is 1. The van der Waals surface area contributed by atoms with E-state index in [1.54, 1.807) is 36.4 Å². The van der Waals surface area contributed by atoms with Crippen molar-refractivity contribution in [2.45, 2.75) is 59.0 Å². The Kier molecular flexibility index (Phi) is 10.2. The van der Waals surface area contributed by atoms with Crippen LogP contribution in [0.1, 0.15) is 37.7 Å². The molecule has 2 aliphatic heterocycles. The Labute approximate surface area is 296 Å². The summed E-state index contributed by atoms with van der Waals surface area (Å²) in [4.78, 5) is 27.3. The molecule has 1 saturated carbocycles. The summed E-state index contributed by atoms with van der Waals surface area (Å²) in [5.41, 5.74) is -0.989. The van der Waals surface area contributed by atoms with Crippen LogP contribution in [0.25, 0.3) is 0 Å². The Morgan fingerprint density at radius 2 is 1.73 bits per heavy atom. The highest BCUT2D eigenvalue weighted by molar-refractivity contribution is 7.91. The highest BCUT2D eigenvalue weighted by Crippen LogP contribution is 2.50. The van der Waals surface area contributed by atoms with Gasteiger partial charge in [-0.15, -0.1) is 0 Å². The SMILES string of the molecule is C=CC(=O)Nc1cccc(S(=O)(=O)c2ccc(N3CC(F)(CN4CCC(C(C#N)(c5cccc(F)c5)[C@H]5CCC[C@@H]5NC(=O)O)CC4)C3)cc2)c1. The topological polar surface area (TPSA) is 143 Å². The van der Waals surface area contributed by atoms with Gasteiger partial charge in [0.1, 0.15) is 5.82 Å². The lowest BCUT2D eigenvalue weighted by atomic mass is 9.59. The standard InChI is InChI=1S/C38H41F2N5O5S/c1-2-35(46)42-29-8-4-9-32(21-29)51(49,50)31-14-12-30(13-15-31)45-24-37(40,25-45)23-44-18-16-26(17-19-44)38(22-41,27-6-3-7-28(39)20-27)33-10-5-11-34(33)43-36(47)48/h2-4,6-9,12-15,20-21,26,33-34,43H,1,5,10-11,16-19,23-25H2,(H,42,46)(H,47,48)/t33-,34-,38?/m0/s1. The molecular formula is C38H41F2N5O5S. The number of anilines is 2. The van der Waals surface area contributed by atoms with Crippen molar-refractivity contribution in [3.8, 4) is 6.07 Å². The number of alkyl halides is 1. The maximum Gasteiger partial charge on any atom is 0.404 e. The van der Waals surface area contributed by atoms with Gasteiger partial charge in [-0.25, -0.2) is 22.0 Å². The Balaban J connectivity index is 1.09. The van der Waals surface area contributed by atoms with Crippen molar-refractivity contribution >= 4 is 33.2 Å². The minimum atomic E-state index is -3.87. The number of carbonyl (C=O) groups excluding carboxylic acids is 1. The first-order chi connectivity index (χ1) is 24.4. The van der Waals surface area contributed by atoms with E-state index < -0.39 is 44.8 Å². The molecule has 0 aromatic heterocycles. The summed E-state index contributed by atoms with van der Waals surface area (Å²) < 4.78 is 57.1. The Bertz CT molecular complexity index is 1940. The lowest BCUT2D eigenvalue weighted by Gasteiger charge is -2.50. The summed E-state index contributed by atoms with van der Waals surface area (Å²) in [6.45, 7) is 4.97. The molecule has 2 heterocycles. The Morgan fingerprint density at radius 1 is 1.02 bits per heavy atom. The molecule has 3 aromatic rings. The van der Waals surface area contributed by atoms with Crippen molar-refractivity contribution in [2.75, 3.05) is 42.9 Å². The van der Waals surface area contributed by atoms with E-state index in [9.17, 15) is 32.8 Å². The van der Waals surface area contributed by atoms with Gasteiger partial charge >= 0.3 is 6.09 Å². The molecule has 1 aliphatic carbocycles. The van der Waals surface area contributed by atoms with E-state index in [0.29, 0.717) is 55.7 Å². The monoisotopic (exact) mass is 717 g/mol. The second-order valence-electron chi connectivity index (χ2n) is 13.9. The van der Waals surface area contributed by atoms with Crippen LogP contribution in [0.3, 0.4) is 0 Å². The van der Waals surface area contributed by atoms with Gasteiger partial charge in [-0.05, 0) is 111 Å². The van der Waals surface area contributed by atoms with Gasteiger partial charge in [-0.3, -0.25) is 9.69 Å². The minimum absolute atomic E-state index is 0.0236.